The van der Waals surface area contributed by atoms with Crippen LogP contribution in [-0.2, 0) is 14.9 Å². The van der Waals surface area contributed by atoms with Crippen LogP contribution < -0.4 is 5.73 Å². The van der Waals surface area contributed by atoms with Gasteiger partial charge >= 0.3 is 0 Å². The van der Waals surface area contributed by atoms with Gasteiger partial charge in [0, 0.05) is 5.57 Å². The molecule has 0 rings (SSSR count). The molecular formula is C8H17NO4S. The fraction of sp³-hybridized carbons (Fsp3) is 0.625. The second-order valence-corrected chi connectivity index (χ2v) is 4.78. The average Bonchev–Trinajstić information content (AvgIpc) is 1.81. The summed E-state index contributed by atoms with van der Waals surface area (Å²) in [5, 5.41) is 0. The SMILES string of the molecule is C=C(C)C(N)=O.CC(C)CS(=O)(=O)O. The Balaban J connectivity index is 0. The summed E-state index contributed by atoms with van der Waals surface area (Å²) in [6.07, 6.45) is 0. The minimum absolute atomic E-state index is 0.00463. The molecule has 84 valence electrons. The van der Waals surface area contributed by atoms with Crippen LogP contribution in [0.4, 0.5) is 0 Å². The summed E-state index contributed by atoms with van der Waals surface area (Å²) in [4.78, 5) is 9.82. The van der Waals surface area contributed by atoms with E-state index in [1.54, 1.807) is 20.8 Å². The van der Waals surface area contributed by atoms with Gasteiger partial charge in [-0.15, -0.1) is 0 Å². The minimum Gasteiger partial charge on any atom is -0.366 e. The molecule has 0 aliphatic heterocycles. The highest BCUT2D eigenvalue weighted by molar-refractivity contribution is 7.85. The van der Waals surface area contributed by atoms with E-state index in [0.717, 1.165) is 0 Å². The van der Waals surface area contributed by atoms with Crippen LogP contribution in [-0.4, -0.2) is 24.6 Å². The van der Waals surface area contributed by atoms with Crippen molar-refractivity contribution in [2.75, 3.05) is 5.75 Å². The van der Waals surface area contributed by atoms with E-state index in [2.05, 4.69) is 6.58 Å². The Labute approximate surface area is 84.7 Å². The van der Waals surface area contributed by atoms with Gasteiger partial charge in [0.15, 0.2) is 0 Å². The number of rotatable bonds is 3. The normalized spacial score (nSPS) is 10.4. The first-order valence-corrected chi connectivity index (χ1v) is 5.57. The average molecular weight is 223 g/mol. The first-order chi connectivity index (χ1) is 6.06. The number of nitrogens with two attached hydrogens (primary N) is 1. The Morgan fingerprint density at radius 3 is 1.79 bits per heavy atom. The standard InChI is InChI=1S/C4H7NO.C4H10O3S/c1-3(2)4(5)6;1-4(2)3-8(5,6)7/h1H2,2H3,(H2,5,6);4H,3H2,1-2H3,(H,5,6,7). The van der Waals surface area contributed by atoms with E-state index in [-0.39, 0.29) is 11.7 Å². The zero-order valence-corrected chi connectivity index (χ0v) is 9.47. The summed E-state index contributed by atoms with van der Waals surface area (Å²) >= 11 is 0. The number of carbonyl (C=O) groups excluding carboxylic acids is 1. The Morgan fingerprint density at radius 1 is 1.50 bits per heavy atom. The molecule has 0 aromatic heterocycles. The van der Waals surface area contributed by atoms with Crippen molar-refractivity contribution in [2.24, 2.45) is 11.7 Å². The monoisotopic (exact) mass is 223 g/mol. The lowest BCUT2D eigenvalue weighted by atomic mass is 10.3. The summed E-state index contributed by atoms with van der Waals surface area (Å²) in [6.45, 7) is 8.31. The van der Waals surface area contributed by atoms with E-state index in [0.29, 0.717) is 5.57 Å². The maximum atomic E-state index is 10.00. The van der Waals surface area contributed by atoms with Crippen LogP contribution in [0.3, 0.4) is 0 Å². The molecule has 0 aliphatic rings. The molecule has 0 saturated carbocycles. The van der Waals surface area contributed by atoms with Gasteiger partial charge in [0.2, 0.25) is 5.91 Å². The van der Waals surface area contributed by atoms with E-state index in [1.165, 1.54) is 0 Å². The summed E-state index contributed by atoms with van der Waals surface area (Å²) in [7, 11) is -3.72. The summed E-state index contributed by atoms with van der Waals surface area (Å²) in [6, 6.07) is 0. The topological polar surface area (TPSA) is 97.5 Å². The summed E-state index contributed by atoms with van der Waals surface area (Å²) in [5.74, 6) is -0.576. The number of hydrogen-bond acceptors (Lipinski definition) is 3. The third-order valence-electron chi connectivity index (χ3n) is 0.965. The summed E-state index contributed by atoms with van der Waals surface area (Å²) < 4.78 is 28.2. The van der Waals surface area contributed by atoms with Crippen molar-refractivity contribution in [1.29, 1.82) is 0 Å². The third-order valence-corrected chi connectivity index (χ3v) is 2.05. The zero-order valence-electron chi connectivity index (χ0n) is 8.65. The van der Waals surface area contributed by atoms with Gasteiger partial charge in [-0.3, -0.25) is 9.35 Å². The maximum absolute atomic E-state index is 10.00. The number of carbonyl (C=O) groups is 1. The molecule has 14 heavy (non-hydrogen) atoms. The lowest BCUT2D eigenvalue weighted by Crippen LogP contribution is -2.10. The molecule has 0 aromatic rings. The summed E-state index contributed by atoms with van der Waals surface area (Å²) in [5.41, 5.74) is 5.09. The van der Waals surface area contributed by atoms with Crippen LogP contribution in [0, 0.1) is 5.92 Å². The molecule has 3 N–H and O–H groups in total. The van der Waals surface area contributed by atoms with Crippen LogP contribution in [0.25, 0.3) is 0 Å². The van der Waals surface area contributed by atoms with Gasteiger partial charge in [0.05, 0.1) is 5.75 Å². The van der Waals surface area contributed by atoms with E-state index in [9.17, 15) is 13.2 Å². The third kappa shape index (κ3) is 17.3. The fourth-order valence-electron chi connectivity index (χ4n) is 0.421. The molecule has 5 nitrogen and oxygen atoms in total. The Bertz CT molecular complexity index is 280. The van der Waals surface area contributed by atoms with E-state index in [1.807, 2.05) is 0 Å². The predicted octanol–water partition coefficient (Wildman–Crippen LogP) is 0.578. The maximum Gasteiger partial charge on any atom is 0.265 e. The minimum atomic E-state index is -3.72. The van der Waals surface area contributed by atoms with Crippen LogP contribution in [0.2, 0.25) is 0 Å². The van der Waals surface area contributed by atoms with Crippen molar-refractivity contribution in [2.45, 2.75) is 20.8 Å². The first-order valence-electron chi connectivity index (χ1n) is 3.96. The van der Waals surface area contributed by atoms with Crippen molar-refractivity contribution >= 4 is 16.0 Å². The molecule has 0 aromatic carbocycles. The van der Waals surface area contributed by atoms with Gasteiger partial charge in [-0.05, 0) is 12.8 Å². The molecule has 0 bridgehead atoms. The number of hydrogen-bond donors (Lipinski definition) is 2. The molecule has 0 spiro atoms. The van der Waals surface area contributed by atoms with Crippen molar-refractivity contribution in [1.82, 2.24) is 0 Å². The Morgan fingerprint density at radius 2 is 1.79 bits per heavy atom. The Kier molecular flexibility index (Phi) is 7.30. The van der Waals surface area contributed by atoms with Gasteiger partial charge < -0.3 is 5.73 Å². The largest absolute Gasteiger partial charge is 0.366 e. The predicted molar refractivity (Wildman–Crippen MR) is 55.3 cm³/mol. The molecule has 0 fully saturated rings. The highest BCUT2D eigenvalue weighted by Crippen LogP contribution is 1.95. The van der Waals surface area contributed by atoms with Gasteiger partial charge in [-0.1, -0.05) is 20.4 Å². The van der Waals surface area contributed by atoms with Crippen molar-refractivity contribution in [3.63, 3.8) is 0 Å². The molecule has 0 aliphatic carbocycles. The first kappa shape index (κ1) is 15.6. The van der Waals surface area contributed by atoms with Crippen LogP contribution in [0.5, 0.6) is 0 Å². The van der Waals surface area contributed by atoms with E-state index >= 15 is 0 Å². The van der Waals surface area contributed by atoms with Crippen LogP contribution in [0.1, 0.15) is 20.8 Å². The number of primary amides is 1. The van der Waals surface area contributed by atoms with Crippen molar-refractivity contribution in [3.8, 4) is 0 Å². The Hall–Kier alpha value is -0.880. The fourth-order valence-corrected chi connectivity index (χ4v) is 1.26. The van der Waals surface area contributed by atoms with Crippen molar-refractivity contribution < 1.29 is 17.8 Å². The van der Waals surface area contributed by atoms with Gasteiger partial charge in [0.1, 0.15) is 0 Å². The molecule has 6 heteroatoms. The zero-order chi connectivity index (χ0) is 11.9. The quantitative estimate of drug-likeness (QED) is 0.540. The second kappa shape index (κ2) is 6.56. The second-order valence-electron chi connectivity index (χ2n) is 3.29. The van der Waals surface area contributed by atoms with E-state index < -0.39 is 16.0 Å². The molecule has 0 unspecified atom stereocenters. The molecule has 0 saturated heterocycles. The highest BCUT2D eigenvalue weighted by Gasteiger charge is 2.06. The molecule has 1 amide bonds. The van der Waals surface area contributed by atoms with Crippen molar-refractivity contribution in [3.05, 3.63) is 12.2 Å². The van der Waals surface area contributed by atoms with Crippen LogP contribution >= 0.6 is 0 Å². The molecule has 0 atom stereocenters. The van der Waals surface area contributed by atoms with Gasteiger partial charge in [-0.2, -0.15) is 8.42 Å². The number of amides is 1. The smallest absolute Gasteiger partial charge is 0.265 e. The van der Waals surface area contributed by atoms with Gasteiger partial charge in [0.25, 0.3) is 10.1 Å². The highest BCUT2D eigenvalue weighted by atomic mass is 32.2. The molecule has 0 heterocycles. The molecule has 0 radical (unpaired) electrons. The van der Waals surface area contributed by atoms with E-state index in [4.69, 9.17) is 10.3 Å². The lowest BCUT2D eigenvalue weighted by molar-refractivity contribution is -0.114. The van der Waals surface area contributed by atoms with Crippen LogP contribution in [0.15, 0.2) is 12.2 Å². The lowest BCUT2D eigenvalue weighted by Gasteiger charge is -1.97. The molecular weight excluding hydrogens is 206 g/mol. The van der Waals surface area contributed by atoms with Gasteiger partial charge in [-0.25, -0.2) is 0 Å².